The third kappa shape index (κ3) is 6.14. The first-order valence-corrected chi connectivity index (χ1v) is 13.1. The number of thioether (sulfide) groups is 1. The van der Waals surface area contributed by atoms with Crippen molar-refractivity contribution in [1.82, 2.24) is 4.98 Å². The van der Waals surface area contributed by atoms with E-state index < -0.39 is 5.25 Å². The number of rotatable bonds is 8. The normalized spacial score (nSPS) is 11.4. The molecule has 0 aliphatic rings. The highest BCUT2D eigenvalue weighted by atomic mass is 35.5. The highest BCUT2D eigenvalue weighted by Gasteiger charge is 2.24. The summed E-state index contributed by atoms with van der Waals surface area (Å²) < 4.78 is 5.30. The Bertz CT molecular complexity index is 1450. The van der Waals surface area contributed by atoms with Crippen molar-refractivity contribution in [3.63, 3.8) is 0 Å². The van der Waals surface area contributed by atoms with Crippen molar-refractivity contribution in [3.05, 3.63) is 95.0 Å². The molecule has 0 saturated heterocycles. The lowest BCUT2D eigenvalue weighted by Gasteiger charge is -2.18. The summed E-state index contributed by atoms with van der Waals surface area (Å²) in [6.07, 6.45) is 0.552. The Labute approximate surface area is 226 Å². The molecule has 1 atom stereocenters. The van der Waals surface area contributed by atoms with Gasteiger partial charge in [-0.3, -0.25) is 4.79 Å². The van der Waals surface area contributed by atoms with Crippen LogP contribution in [0.2, 0.25) is 5.02 Å². The average molecular weight is 528 g/mol. The molecule has 0 bridgehead atoms. The zero-order valence-corrected chi connectivity index (χ0v) is 22.4. The van der Waals surface area contributed by atoms with E-state index in [2.05, 4.69) is 11.4 Å². The number of nitriles is 1. The van der Waals surface area contributed by atoms with E-state index in [0.717, 1.165) is 33.7 Å². The molecule has 1 aromatic heterocycles. The van der Waals surface area contributed by atoms with Crippen molar-refractivity contribution >= 4 is 35.0 Å². The number of benzene rings is 3. The summed E-state index contributed by atoms with van der Waals surface area (Å²) in [5, 5.41) is 13.8. The molecule has 0 spiro atoms. The number of amides is 1. The predicted molar refractivity (Wildman–Crippen MR) is 151 cm³/mol. The smallest absolute Gasteiger partial charge is 0.237 e. The van der Waals surface area contributed by atoms with Crippen LogP contribution in [0.4, 0.5) is 5.69 Å². The molecule has 0 radical (unpaired) electrons. The van der Waals surface area contributed by atoms with Gasteiger partial charge in [0.15, 0.2) is 0 Å². The molecule has 7 heteroatoms. The maximum atomic E-state index is 13.3. The number of hydrogen-bond donors (Lipinski definition) is 1. The molecular formula is C30H26ClN3O2S. The molecule has 3 aromatic carbocycles. The number of pyridine rings is 1. The van der Waals surface area contributed by atoms with Gasteiger partial charge < -0.3 is 10.1 Å². The van der Waals surface area contributed by atoms with E-state index >= 15 is 0 Å². The van der Waals surface area contributed by atoms with Gasteiger partial charge in [0.05, 0.1) is 23.6 Å². The zero-order chi connectivity index (χ0) is 26.4. The largest absolute Gasteiger partial charge is 0.497 e. The van der Waals surface area contributed by atoms with Crippen LogP contribution >= 0.6 is 23.4 Å². The number of hydrogen-bond acceptors (Lipinski definition) is 5. The number of nitrogens with one attached hydrogen (secondary N) is 1. The Hall–Kier alpha value is -3.79. The van der Waals surface area contributed by atoms with Gasteiger partial charge in [0.1, 0.15) is 16.8 Å². The summed E-state index contributed by atoms with van der Waals surface area (Å²) in [7, 11) is 1.62. The van der Waals surface area contributed by atoms with Crippen LogP contribution in [-0.4, -0.2) is 23.3 Å². The lowest BCUT2D eigenvalue weighted by atomic mass is 9.99. The van der Waals surface area contributed by atoms with Gasteiger partial charge in [-0.1, -0.05) is 78.8 Å². The van der Waals surface area contributed by atoms with Crippen molar-refractivity contribution < 1.29 is 9.53 Å². The number of anilines is 1. The Balaban J connectivity index is 1.76. The van der Waals surface area contributed by atoms with Gasteiger partial charge in [-0.25, -0.2) is 4.98 Å². The molecule has 0 aliphatic heterocycles. The molecule has 1 N–H and O–H groups in total. The molecule has 0 saturated carbocycles. The minimum atomic E-state index is -0.465. The van der Waals surface area contributed by atoms with E-state index in [1.165, 1.54) is 11.8 Å². The number of methoxy groups -OCH3 is 1. The minimum absolute atomic E-state index is 0.167. The molecule has 1 unspecified atom stereocenters. The first kappa shape index (κ1) is 26.3. The number of aromatic nitrogens is 1. The van der Waals surface area contributed by atoms with Gasteiger partial charge in [-0.15, -0.1) is 0 Å². The van der Waals surface area contributed by atoms with Crippen LogP contribution < -0.4 is 10.1 Å². The van der Waals surface area contributed by atoms with Gasteiger partial charge in [-0.05, 0) is 54.8 Å². The highest BCUT2D eigenvalue weighted by Crippen LogP contribution is 2.37. The minimum Gasteiger partial charge on any atom is -0.497 e. The Kier molecular flexibility index (Phi) is 8.50. The van der Waals surface area contributed by atoms with Gasteiger partial charge in [-0.2, -0.15) is 5.26 Å². The molecule has 0 fully saturated rings. The number of ether oxygens (including phenoxy) is 1. The lowest BCUT2D eigenvalue weighted by molar-refractivity contribution is -0.115. The molecule has 37 heavy (non-hydrogen) atoms. The topological polar surface area (TPSA) is 75.0 Å². The maximum Gasteiger partial charge on any atom is 0.237 e. The Morgan fingerprint density at radius 3 is 2.46 bits per heavy atom. The summed E-state index contributed by atoms with van der Waals surface area (Å²) in [6, 6.07) is 27.0. The fourth-order valence-electron chi connectivity index (χ4n) is 3.87. The van der Waals surface area contributed by atoms with E-state index in [1.807, 2.05) is 80.6 Å². The number of halogens is 1. The predicted octanol–water partition coefficient (Wildman–Crippen LogP) is 7.77. The Morgan fingerprint density at radius 2 is 1.81 bits per heavy atom. The lowest BCUT2D eigenvalue weighted by Crippen LogP contribution is -2.25. The van der Waals surface area contributed by atoms with Gasteiger partial charge >= 0.3 is 0 Å². The fourth-order valence-corrected chi connectivity index (χ4v) is 5.07. The summed E-state index contributed by atoms with van der Waals surface area (Å²) in [4.78, 5) is 18.1. The van der Waals surface area contributed by atoms with Crippen molar-refractivity contribution in [3.8, 4) is 34.2 Å². The number of aryl methyl sites for hydroxylation is 1. The van der Waals surface area contributed by atoms with E-state index in [1.54, 1.807) is 19.2 Å². The van der Waals surface area contributed by atoms with Crippen LogP contribution in [0, 0.1) is 18.3 Å². The van der Waals surface area contributed by atoms with E-state index in [0.29, 0.717) is 27.7 Å². The van der Waals surface area contributed by atoms with Gasteiger partial charge in [0.25, 0.3) is 0 Å². The molecule has 4 rings (SSSR count). The molecule has 186 valence electrons. The van der Waals surface area contributed by atoms with Crippen LogP contribution in [0.1, 0.15) is 24.5 Å². The van der Waals surface area contributed by atoms with E-state index in [4.69, 9.17) is 21.3 Å². The first-order chi connectivity index (χ1) is 17.9. The fraction of sp³-hybridized carbons (Fsp3) is 0.167. The SMILES string of the molecule is CCC(Sc1nc(-c2ccccc2)cc(-c2ccc(OC)cc2)c1C#N)C(=O)Nc1cc(Cl)ccc1C. The van der Waals surface area contributed by atoms with Crippen molar-refractivity contribution in [2.45, 2.75) is 30.5 Å². The molecule has 1 heterocycles. The van der Waals surface area contributed by atoms with Crippen molar-refractivity contribution in [2.24, 2.45) is 0 Å². The van der Waals surface area contributed by atoms with Crippen LogP contribution in [0.15, 0.2) is 83.9 Å². The van der Waals surface area contributed by atoms with E-state index in [-0.39, 0.29) is 5.91 Å². The summed E-state index contributed by atoms with van der Waals surface area (Å²) in [5.41, 5.74) is 5.29. The number of carbonyl (C=O) groups excluding carboxylic acids is 1. The zero-order valence-electron chi connectivity index (χ0n) is 20.8. The standard InChI is InChI=1S/C30H26ClN3O2S/c1-4-28(29(35)33-26-16-22(31)13-10-19(26)2)37-30-25(18-32)24(20-11-14-23(36-3)15-12-20)17-27(34-30)21-8-6-5-7-9-21/h5-17,28H,4H2,1-3H3,(H,33,35). The molecular weight excluding hydrogens is 502 g/mol. The van der Waals surface area contributed by atoms with Crippen molar-refractivity contribution in [2.75, 3.05) is 12.4 Å². The van der Waals surface area contributed by atoms with E-state index in [9.17, 15) is 10.1 Å². The summed E-state index contributed by atoms with van der Waals surface area (Å²) in [5.74, 6) is 0.563. The second-order valence-corrected chi connectivity index (χ2v) is 10.0. The van der Waals surface area contributed by atoms with Crippen molar-refractivity contribution in [1.29, 1.82) is 5.26 Å². The monoisotopic (exact) mass is 527 g/mol. The van der Waals surface area contributed by atoms with Crippen LogP contribution in [0.3, 0.4) is 0 Å². The average Bonchev–Trinajstić information content (AvgIpc) is 2.93. The van der Waals surface area contributed by atoms with Gasteiger partial charge in [0.2, 0.25) is 5.91 Å². The molecule has 5 nitrogen and oxygen atoms in total. The van der Waals surface area contributed by atoms with Crippen LogP contribution in [-0.2, 0) is 4.79 Å². The summed E-state index contributed by atoms with van der Waals surface area (Å²) >= 11 is 7.44. The second-order valence-electron chi connectivity index (χ2n) is 8.40. The quantitative estimate of drug-likeness (QED) is 0.237. The van der Waals surface area contributed by atoms with Crippen LogP contribution in [0.25, 0.3) is 22.4 Å². The molecule has 0 aliphatic carbocycles. The first-order valence-electron chi connectivity index (χ1n) is 11.8. The second kappa shape index (κ2) is 12.0. The molecule has 1 amide bonds. The number of carbonyl (C=O) groups is 1. The summed E-state index contributed by atoms with van der Waals surface area (Å²) in [6.45, 7) is 3.86. The molecule has 4 aromatic rings. The van der Waals surface area contributed by atoms with Crippen LogP contribution in [0.5, 0.6) is 5.75 Å². The third-order valence-corrected chi connectivity index (χ3v) is 7.53. The van der Waals surface area contributed by atoms with Gasteiger partial charge in [0, 0.05) is 21.8 Å². The maximum absolute atomic E-state index is 13.3. The highest BCUT2D eigenvalue weighted by molar-refractivity contribution is 8.00. The third-order valence-electron chi connectivity index (χ3n) is 5.94. The number of nitrogens with zero attached hydrogens (tertiary/aromatic N) is 2. The Morgan fingerprint density at radius 1 is 1.08 bits per heavy atom.